The molecule has 9 heavy (non-hydrogen) atoms. The van der Waals surface area contributed by atoms with Crippen molar-refractivity contribution in [3.63, 3.8) is 0 Å². The molecule has 0 amide bonds. The summed E-state index contributed by atoms with van der Waals surface area (Å²) in [6, 6.07) is 0. The van der Waals surface area contributed by atoms with E-state index in [4.69, 9.17) is 0 Å². The molecule has 5 heteroatoms. The number of rotatable bonds is 1. The zero-order valence-corrected chi connectivity index (χ0v) is 6.55. The van der Waals surface area contributed by atoms with E-state index in [1.807, 2.05) is 7.05 Å². The minimum Gasteiger partial charge on any atom is -0.359 e. The first-order valence-corrected chi connectivity index (χ1v) is 2.10. The van der Waals surface area contributed by atoms with E-state index in [-0.39, 0.29) is 24.8 Å². The van der Waals surface area contributed by atoms with Gasteiger partial charge in [0.25, 0.3) is 0 Å². The third-order valence-corrected chi connectivity index (χ3v) is 0.735. The molecule has 0 bridgehead atoms. The molecule has 1 aromatic heterocycles. The summed E-state index contributed by atoms with van der Waals surface area (Å²) in [6.07, 6.45) is 3.47. The lowest BCUT2D eigenvalue weighted by molar-refractivity contribution is 1.26. The molecule has 0 aliphatic carbocycles. The Morgan fingerprint density at radius 2 is 2.22 bits per heavy atom. The molecule has 0 unspecified atom stereocenters. The Balaban J connectivity index is 0. The van der Waals surface area contributed by atoms with Crippen molar-refractivity contribution in [3.05, 3.63) is 12.4 Å². The van der Waals surface area contributed by atoms with Gasteiger partial charge in [-0.2, -0.15) is 0 Å². The Labute approximate surface area is 66.1 Å². The fourth-order valence-electron chi connectivity index (χ4n) is 0.402. The second-order valence-corrected chi connectivity index (χ2v) is 1.19. The summed E-state index contributed by atoms with van der Waals surface area (Å²) in [7, 11) is 1.82. The SMILES string of the molecule is CNc1ncc[nH]1.Cl.Cl. The van der Waals surface area contributed by atoms with Crippen molar-refractivity contribution in [1.29, 1.82) is 0 Å². The van der Waals surface area contributed by atoms with Crippen molar-refractivity contribution in [2.75, 3.05) is 12.4 Å². The van der Waals surface area contributed by atoms with Crippen molar-refractivity contribution in [1.82, 2.24) is 9.97 Å². The minimum atomic E-state index is 0. The summed E-state index contributed by atoms with van der Waals surface area (Å²) < 4.78 is 0. The van der Waals surface area contributed by atoms with E-state index in [0.717, 1.165) is 5.95 Å². The van der Waals surface area contributed by atoms with Crippen LogP contribution < -0.4 is 5.32 Å². The molecule has 0 spiro atoms. The topological polar surface area (TPSA) is 40.7 Å². The molecule has 0 saturated heterocycles. The van der Waals surface area contributed by atoms with Gasteiger partial charge in [0, 0.05) is 19.4 Å². The first kappa shape index (κ1) is 11.4. The van der Waals surface area contributed by atoms with E-state index in [0.29, 0.717) is 0 Å². The summed E-state index contributed by atoms with van der Waals surface area (Å²) in [4.78, 5) is 6.73. The summed E-state index contributed by atoms with van der Waals surface area (Å²) in [5.74, 6) is 0.806. The first-order valence-electron chi connectivity index (χ1n) is 2.10. The summed E-state index contributed by atoms with van der Waals surface area (Å²) in [6.45, 7) is 0. The average molecular weight is 170 g/mol. The van der Waals surface area contributed by atoms with E-state index in [1.165, 1.54) is 0 Å². The lowest BCUT2D eigenvalue weighted by atomic mass is 11.0. The van der Waals surface area contributed by atoms with E-state index < -0.39 is 0 Å². The van der Waals surface area contributed by atoms with Gasteiger partial charge in [-0.1, -0.05) is 0 Å². The Morgan fingerprint density at radius 3 is 2.44 bits per heavy atom. The molecule has 0 radical (unpaired) electrons. The number of imidazole rings is 1. The summed E-state index contributed by atoms with van der Waals surface area (Å²) in [5, 5.41) is 2.84. The number of nitrogens with one attached hydrogen (secondary N) is 2. The first-order chi connectivity index (χ1) is 3.43. The molecular formula is C4H9Cl2N3. The van der Waals surface area contributed by atoms with Crippen molar-refractivity contribution < 1.29 is 0 Å². The highest BCUT2D eigenvalue weighted by atomic mass is 35.5. The molecule has 2 N–H and O–H groups in total. The lowest BCUT2D eigenvalue weighted by Gasteiger charge is -1.85. The van der Waals surface area contributed by atoms with Crippen molar-refractivity contribution in [3.8, 4) is 0 Å². The molecule has 0 aromatic carbocycles. The van der Waals surface area contributed by atoms with E-state index in [2.05, 4.69) is 15.3 Å². The van der Waals surface area contributed by atoms with Gasteiger partial charge in [-0.25, -0.2) is 4.98 Å². The molecule has 0 aliphatic rings. The van der Waals surface area contributed by atoms with Crippen LogP contribution >= 0.6 is 24.8 Å². The average Bonchev–Trinajstić information content (AvgIpc) is 2.14. The van der Waals surface area contributed by atoms with Crippen LogP contribution in [0.4, 0.5) is 5.95 Å². The monoisotopic (exact) mass is 169 g/mol. The Hall–Kier alpha value is -0.410. The van der Waals surface area contributed by atoms with Crippen LogP contribution in [0.1, 0.15) is 0 Å². The normalized spacial score (nSPS) is 6.78. The number of H-pyrrole nitrogens is 1. The molecule has 1 aromatic rings. The van der Waals surface area contributed by atoms with Crippen LogP contribution in [0, 0.1) is 0 Å². The molecule has 54 valence electrons. The number of hydrogen-bond donors (Lipinski definition) is 2. The second kappa shape index (κ2) is 5.72. The summed E-state index contributed by atoms with van der Waals surface area (Å²) in [5.41, 5.74) is 0. The van der Waals surface area contributed by atoms with Crippen molar-refractivity contribution >= 4 is 30.8 Å². The van der Waals surface area contributed by atoms with Crippen LogP contribution in [-0.4, -0.2) is 17.0 Å². The molecule has 0 saturated carbocycles. The minimum absolute atomic E-state index is 0. The third-order valence-electron chi connectivity index (χ3n) is 0.735. The number of aromatic amines is 1. The predicted molar refractivity (Wildman–Crippen MR) is 42.6 cm³/mol. The smallest absolute Gasteiger partial charge is 0.199 e. The Morgan fingerprint density at radius 1 is 1.56 bits per heavy atom. The Kier molecular flexibility index (Phi) is 7.24. The highest BCUT2D eigenvalue weighted by Crippen LogP contribution is 1.89. The number of nitrogens with zero attached hydrogens (tertiary/aromatic N) is 1. The molecule has 0 aliphatic heterocycles. The van der Waals surface area contributed by atoms with E-state index in [9.17, 15) is 0 Å². The van der Waals surface area contributed by atoms with Gasteiger partial charge >= 0.3 is 0 Å². The predicted octanol–water partition coefficient (Wildman–Crippen LogP) is 1.29. The quantitative estimate of drug-likeness (QED) is 0.666. The number of hydrogen-bond acceptors (Lipinski definition) is 2. The van der Waals surface area contributed by atoms with Gasteiger partial charge in [-0.15, -0.1) is 24.8 Å². The van der Waals surface area contributed by atoms with Crippen LogP contribution in [0.3, 0.4) is 0 Å². The molecular weight excluding hydrogens is 161 g/mol. The van der Waals surface area contributed by atoms with Gasteiger partial charge in [0.05, 0.1) is 0 Å². The third kappa shape index (κ3) is 3.21. The van der Waals surface area contributed by atoms with Crippen LogP contribution in [0.25, 0.3) is 0 Å². The van der Waals surface area contributed by atoms with Gasteiger partial charge in [0.2, 0.25) is 0 Å². The Bertz CT molecular complexity index is 128. The largest absolute Gasteiger partial charge is 0.359 e. The van der Waals surface area contributed by atoms with E-state index in [1.54, 1.807) is 12.4 Å². The molecule has 0 fully saturated rings. The van der Waals surface area contributed by atoms with Crippen molar-refractivity contribution in [2.45, 2.75) is 0 Å². The van der Waals surface area contributed by atoms with Gasteiger partial charge in [-0.3, -0.25) is 0 Å². The van der Waals surface area contributed by atoms with Crippen LogP contribution in [0.15, 0.2) is 12.4 Å². The molecule has 1 rings (SSSR count). The highest BCUT2D eigenvalue weighted by Gasteiger charge is 1.80. The zero-order valence-electron chi connectivity index (χ0n) is 4.92. The van der Waals surface area contributed by atoms with Crippen LogP contribution in [0.2, 0.25) is 0 Å². The maximum atomic E-state index is 3.87. The van der Waals surface area contributed by atoms with Crippen molar-refractivity contribution in [2.24, 2.45) is 0 Å². The second-order valence-electron chi connectivity index (χ2n) is 1.19. The standard InChI is InChI=1S/C4H7N3.2ClH/c1-5-4-6-2-3-7-4;;/h2-3H,1H3,(H2,5,6,7);2*1H. The fourth-order valence-corrected chi connectivity index (χ4v) is 0.402. The van der Waals surface area contributed by atoms with Gasteiger partial charge in [0.15, 0.2) is 5.95 Å². The number of halogens is 2. The summed E-state index contributed by atoms with van der Waals surface area (Å²) >= 11 is 0. The number of anilines is 1. The maximum absolute atomic E-state index is 3.87. The van der Waals surface area contributed by atoms with Gasteiger partial charge in [-0.05, 0) is 0 Å². The van der Waals surface area contributed by atoms with Crippen LogP contribution in [0.5, 0.6) is 0 Å². The molecule has 1 heterocycles. The molecule has 0 atom stereocenters. The van der Waals surface area contributed by atoms with E-state index >= 15 is 0 Å². The van der Waals surface area contributed by atoms with Crippen LogP contribution in [-0.2, 0) is 0 Å². The zero-order chi connectivity index (χ0) is 5.11. The highest BCUT2D eigenvalue weighted by molar-refractivity contribution is 5.85. The number of aromatic nitrogens is 2. The lowest BCUT2D eigenvalue weighted by Crippen LogP contribution is -1.87. The molecule has 3 nitrogen and oxygen atoms in total. The van der Waals surface area contributed by atoms with Gasteiger partial charge < -0.3 is 10.3 Å². The fraction of sp³-hybridized carbons (Fsp3) is 0.250. The maximum Gasteiger partial charge on any atom is 0.199 e. The van der Waals surface area contributed by atoms with Gasteiger partial charge in [0.1, 0.15) is 0 Å².